The maximum Gasteiger partial charge on any atom is 0.331 e. The number of ether oxygens (including phenoxy) is 1. The van der Waals surface area contributed by atoms with Gasteiger partial charge in [-0.05, 0) is 69.4 Å². The van der Waals surface area contributed by atoms with E-state index in [2.05, 4.69) is 15.2 Å². The highest BCUT2D eigenvalue weighted by Crippen LogP contribution is 2.47. The van der Waals surface area contributed by atoms with E-state index in [9.17, 15) is 9.59 Å². The summed E-state index contributed by atoms with van der Waals surface area (Å²) in [6, 6.07) is 17.1. The van der Waals surface area contributed by atoms with Gasteiger partial charge in [0.05, 0.1) is 22.4 Å². The topological polar surface area (TPSA) is 78.0 Å². The maximum absolute atomic E-state index is 13.5. The first-order chi connectivity index (χ1) is 17.9. The minimum absolute atomic E-state index is 0. The maximum atomic E-state index is 13.5. The number of benzene rings is 2. The highest BCUT2D eigenvalue weighted by molar-refractivity contribution is 7.59. The molecule has 2 aromatic heterocycles. The molecule has 10 heteroatoms. The Balaban J connectivity index is 0.00000294. The van der Waals surface area contributed by atoms with Crippen LogP contribution >= 0.6 is 24.8 Å². The fourth-order valence-corrected chi connectivity index (χ4v) is 6.12. The molecule has 2 aliphatic heterocycles. The number of aryl methyl sites for hydroxylation is 1. The Morgan fingerprint density at radius 3 is 2.61 bits per heavy atom. The highest BCUT2D eigenvalue weighted by Gasteiger charge is 2.36. The molecule has 1 saturated heterocycles. The molecule has 3 amide bonds. The van der Waals surface area contributed by atoms with Gasteiger partial charge in [0.15, 0.2) is 0 Å². The van der Waals surface area contributed by atoms with E-state index < -0.39 is 0 Å². The van der Waals surface area contributed by atoms with Gasteiger partial charge in [0.2, 0.25) is 0 Å². The lowest BCUT2D eigenvalue weighted by molar-refractivity contribution is 0.0789. The van der Waals surface area contributed by atoms with Crippen molar-refractivity contribution in [3.05, 3.63) is 71.2 Å². The molecule has 6 rings (SSSR count). The predicted octanol–water partition coefficient (Wildman–Crippen LogP) is 5.97. The third kappa shape index (κ3) is 4.48. The van der Waals surface area contributed by atoms with Gasteiger partial charge in [-0.25, -0.2) is 9.78 Å². The van der Waals surface area contributed by atoms with Crippen LogP contribution in [0.3, 0.4) is 0 Å². The number of hydrogen-bond donors (Lipinski definition) is 1. The average molecular weight is 548 g/mol. The summed E-state index contributed by atoms with van der Waals surface area (Å²) >= 11 is 1.34. The number of amides is 3. The molecule has 4 heterocycles. The van der Waals surface area contributed by atoms with Crippen molar-refractivity contribution in [3.63, 3.8) is 0 Å². The van der Waals surface area contributed by atoms with E-state index in [1.54, 1.807) is 11.1 Å². The molecule has 0 saturated carbocycles. The summed E-state index contributed by atoms with van der Waals surface area (Å²) in [4.78, 5) is 38.5. The number of likely N-dealkylation sites (N-methyl/N-ethyl adjacent to an activating group) is 1. The van der Waals surface area contributed by atoms with E-state index in [4.69, 9.17) is 4.74 Å². The molecule has 2 aliphatic rings. The summed E-state index contributed by atoms with van der Waals surface area (Å²) in [7, 11) is 4.07. The summed E-state index contributed by atoms with van der Waals surface area (Å²) in [6.07, 6.45) is 2.63. The molecule has 1 N–H and O–H groups in total. The van der Waals surface area contributed by atoms with Crippen LogP contribution in [0, 0.1) is 6.92 Å². The smallest absolute Gasteiger partial charge is 0.331 e. The summed E-state index contributed by atoms with van der Waals surface area (Å²) in [5.41, 5.74) is 2.90. The first-order valence-corrected chi connectivity index (χ1v) is 13.0. The third-order valence-electron chi connectivity index (χ3n) is 7.01. The second-order valence-electron chi connectivity index (χ2n) is 9.60. The standard InChI is InChI=1S/C28H27N5O3S.H2S/c1-17-15-20(36-19-7-5-4-6-8-19)9-10-21(17)33-22-11-13-29-26-23(22)24(30-28(33)35)25(37-26)27(34)32-14-12-18(16-32)31(2)3;/h4-11,13,15,18H,12,14,16H2,1-3H3,(H,30,35);1H2/t18-;/m0./s1. The van der Waals surface area contributed by atoms with Crippen LogP contribution in [0.2, 0.25) is 0 Å². The molecule has 1 fully saturated rings. The molecule has 1 atom stereocenters. The molecule has 0 spiro atoms. The number of thiophene rings is 1. The molecule has 0 bridgehead atoms. The monoisotopic (exact) mass is 547 g/mol. The second kappa shape index (κ2) is 10.3. The van der Waals surface area contributed by atoms with Crippen molar-refractivity contribution >= 4 is 64.0 Å². The lowest BCUT2D eigenvalue weighted by Gasteiger charge is -2.30. The zero-order valence-electron chi connectivity index (χ0n) is 21.4. The van der Waals surface area contributed by atoms with E-state index in [1.807, 2.05) is 80.5 Å². The van der Waals surface area contributed by atoms with Crippen LogP contribution < -0.4 is 15.0 Å². The molecule has 8 nitrogen and oxygen atoms in total. The quantitative estimate of drug-likeness (QED) is 0.333. The first kappa shape index (κ1) is 26.0. The number of likely N-dealkylation sites (tertiary alicyclic amines) is 1. The number of para-hydroxylation sites is 1. The van der Waals surface area contributed by atoms with Crippen molar-refractivity contribution in [2.75, 3.05) is 37.4 Å². The van der Waals surface area contributed by atoms with Crippen LogP contribution in [0.4, 0.5) is 21.9 Å². The van der Waals surface area contributed by atoms with Crippen LogP contribution in [0.25, 0.3) is 10.2 Å². The molecule has 0 aliphatic carbocycles. The van der Waals surface area contributed by atoms with Crippen molar-refractivity contribution in [1.29, 1.82) is 0 Å². The van der Waals surface area contributed by atoms with E-state index in [-0.39, 0.29) is 25.4 Å². The zero-order valence-corrected chi connectivity index (χ0v) is 23.2. The van der Waals surface area contributed by atoms with Gasteiger partial charge in [0.1, 0.15) is 21.2 Å². The normalized spacial score (nSPS) is 16.5. The van der Waals surface area contributed by atoms with Gasteiger partial charge in [-0.15, -0.1) is 11.3 Å². The van der Waals surface area contributed by atoms with Gasteiger partial charge in [-0.1, -0.05) is 18.2 Å². The largest absolute Gasteiger partial charge is 0.457 e. The Labute approximate surface area is 232 Å². The Bertz CT molecular complexity index is 1520. The van der Waals surface area contributed by atoms with E-state index in [0.717, 1.165) is 33.6 Å². The van der Waals surface area contributed by atoms with E-state index in [1.165, 1.54) is 11.3 Å². The van der Waals surface area contributed by atoms with Crippen LogP contribution in [-0.4, -0.2) is 59.9 Å². The molecular formula is C28H29N5O3S2. The Morgan fingerprint density at radius 1 is 1.11 bits per heavy atom. The van der Waals surface area contributed by atoms with E-state index in [0.29, 0.717) is 41.1 Å². The number of anilines is 3. The van der Waals surface area contributed by atoms with Crippen LogP contribution in [0.1, 0.15) is 21.7 Å². The lowest BCUT2D eigenvalue weighted by atomic mass is 10.1. The fraction of sp³-hybridized carbons (Fsp3) is 0.250. The SMILES string of the molecule is Cc1cc(Oc2ccccc2)ccc1N1C(=O)Nc2c(C(=O)N3CC[C@H](N(C)C)C3)sc3nccc1c23.S. The molecule has 4 aromatic rings. The van der Waals surface area contributed by atoms with Gasteiger partial charge in [-0.2, -0.15) is 13.5 Å². The number of carbonyl (C=O) groups is 2. The van der Waals surface area contributed by atoms with Gasteiger partial charge < -0.3 is 19.9 Å². The number of pyridine rings is 1. The molecule has 38 heavy (non-hydrogen) atoms. The Hall–Kier alpha value is -3.60. The number of nitrogens with one attached hydrogen (secondary N) is 1. The predicted molar refractivity (Wildman–Crippen MR) is 157 cm³/mol. The van der Waals surface area contributed by atoms with Gasteiger partial charge in [0, 0.05) is 25.3 Å². The minimum atomic E-state index is -0.306. The van der Waals surface area contributed by atoms with Crippen LogP contribution in [0.5, 0.6) is 11.5 Å². The number of nitrogens with zero attached hydrogens (tertiary/aromatic N) is 4. The van der Waals surface area contributed by atoms with Crippen molar-refractivity contribution in [1.82, 2.24) is 14.8 Å². The Kier molecular flexibility index (Phi) is 7.04. The molecular weight excluding hydrogens is 518 g/mol. The highest BCUT2D eigenvalue weighted by atomic mass is 32.1. The number of urea groups is 1. The summed E-state index contributed by atoms with van der Waals surface area (Å²) in [5, 5.41) is 3.80. The van der Waals surface area contributed by atoms with Gasteiger partial charge in [0.25, 0.3) is 5.91 Å². The van der Waals surface area contributed by atoms with Crippen molar-refractivity contribution in [2.24, 2.45) is 0 Å². The van der Waals surface area contributed by atoms with Crippen molar-refractivity contribution < 1.29 is 14.3 Å². The summed E-state index contributed by atoms with van der Waals surface area (Å²) in [5.74, 6) is 1.38. The zero-order chi connectivity index (χ0) is 25.7. The number of hydrogen-bond acceptors (Lipinski definition) is 6. The number of rotatable bonds is 5. The van der Waals surface area contributed by atoms with Gasteiger partial charge >= 0.3 is 6.03 Å². The Morgan fingerprint density at radius 2 is 1.89 bits per heavy atom. The minimum Gasteiger partial charge on any atom is -0.457 e. The second-order valence-corrected chi connectivity index (χ2v) is 10.6. The molecule has 0 radical (unpaired) electrons. The first-order valence-electron chi connectivity index (χ1n) is 12.2. The van der Waals surface area contributed by atoms with Crippen LogP contribution in [-0.2, 0) is 0 Å². The van der Waals surface area contributed by atoms with Crippen molar-refractivity contribution in [2.45, 2.75) is 19.4 Å². The third-order valence-corrected chi connectivity index (χ3v) is 8.09. The molecule has 2 aromatic carbocycles. The fourth-order valence-electron chi connectivity index (χ4n) is 5.03. The summed E-state index contributed by atoms with van der Waals surface area (Å²) in [6.45, 7) is 3.33. The van der Waals surface area contributed by atoms with Gasteiger partial charge in [-0.3, -0.25) is 9.69 Å². The van der Waals surface area contributed by atoms with Crippen LogP contribution in [0.15, 0.2) is 60.8 Å². The number of aromatic nitrogens is 1. The summed E-state index contributed by atoms with van der Waals surface area (Å²) < 4.78 is 5.97. The molecule has 0 unspecified atom stereocenters. The average Bonchev–Trinajstić information content (AvgIpc) is 3.52. The van der Waals surface area contributed by atoms with Crippen molar-refractivity contribution in [3.8, 4) is 11.5 Å². The lowest BCUT2D eigenvalue weighted by Crippen LogP contribution is -2.36. The van der Waals surface area contributed by atoms with E-state index >= 15 is 0 Å². The number of carbonyl (C=O) groups excluding carboxylic acids is 2. The molecule has 196 valence electrons.